The topological polar surface area (TPSA) is 18.5 Å². The molecule has 0 spiro atoms. The number of rotatable bonds is 8. The van der Waals surface area contributed by atoms with E-state index in [9.17, 15) is 0 Å². The van der Waals surface area contributed by atoms with E-state index in [0.29, 0.717) is 5.92 Å². The van der Waals surface area contributed by atoms with Gasteiger partial charge in [-0.05, 0) is 56.3 Å². The monoisotopic (exact) mass is 340 g/mol. The first kappa shape index (κ1) is 19.5. The third-order valence-electron chi connectivity index (χ3n) is 5.85. The van der Waals surface area contributed by atoms with Gasteiger partial charge in [0.2, 0.25) is 0 Å². The molecule has 136 valence electrons. The molecule has 0 radical (unpaired) electrons. The lowest BCUT2D eigenvalue weighted by atomic mass is 9.83. The quantitative estimate of drug-likeness (QED) is 0.483. The van der Waals surface area contributed by atoms with Crippen molar-refractivity contribution < 1.29 is 8.85 Å². The standard InChI is InChI=1S/C20H40O2Si/c1-6-11-21-23(22-15-16(2)3,19-9-7-8-10-19)20-13-17(4)12-18(5)14-20/h16-20H,6-15H2,1-5H3. The van der Waals surface area contributed by atoms with Gasteiger partial charge in [0.15, 0.2) is 0 Å². The van der Waals surface area contributed by atoms with Gasteiger partial charge in [-0.25, -0.2) is 0 Å². The lowest BCUT2D eigenvalue weighted by molar-refractivity contribution is 0.117. The minimum Gasteiger partial charge on any atom is -0.394 e. The molecule has 3 atom stereocenters. The first-order chi connectivity index (χ1) is 11.0. The molecule has 0 bridgehead atoms. The third kappa shape index (κ3) is 5.06. The summed E-state index contributed by atoms with van der Waals surface area (Å²) < 4.78 is 13.6. The summed E-state index contributed by atoms with van der Waals surface area (Å²) in [6, 6.07) is 0. The fraction of sp³-hybridized carbons (Fsp3) is 1.00. The minimum absolute atomic E-state index is 0.604. The van der Waals surface area contributed by atoms with Gasteiger partial charge < -0.3 is 8.85 Å². The van der Waals surface area contributed by atoms with Crippen molar-refractivity contribution in [3.63, 3.8) is 0 Å². The summed E-state index contributed by atoms with van der Waals surface area (Å²) in [4.78, 5) is 0. The molecule has 0 saturated heterocycles. The summed E-state index contributed by atoms with van der Waals surface area (Å²) in [5.41, 5.74) is 1.46. The highest BCUT2D eigenvalue weighted by atomic mass is 28.4. The molecule has 2 aliphatic carbocycles. The molecule has 2 fully saturated rings. The molecule has 0 aromatic rings. The molecular formula is C20H40O2Si. The van der Waals surface area contributed by atoms with Crippen LogP contribution in [0.4, 0.5) is 0 Å². The Morgan fingerprint density at radius 3 is 2.04 bits per heavy atom. The first-order valence-electron chi connectivity index (χ1n) is 10.3. The van der Waals surface area contributed by atoms with Gasteiger partial charge in [-0.15, -0.1) is 0 Å². The largest absolute Gasteiger partial charge is 0.394 e. The van der Waals surface area contributed by atoms with Crippen LogP contribution in [-0.4, -0.2) is 21.8 Å². The van der Waals surface area contributed by atoms with E-state index in [2.05, 4.69) is 34.6 Å². The highest BCUT2D eigenvalue weighted by molar-refractivity contribution is 6.70. The summed E-state index contributed by atoms with van der Waals surface area (Å²) in [7, 11) is -2.13. The van der Waals surface area contributed by atoms with Crippen LogP contribution in [0.2, 0.25) is 11.1 Å². The van der Waals surface area contributed by atoms with Crippen LogP contribution in [0.25, 0.3) is 0 Å². The molecule has 23 heavy (non-hydrogen) atoms. The Hall–Kier alpha value is 0.137. The SMILES string of the molecule is CCCO[Si](OCC(C)C)(C1CCCC1)C1CC(C)CC(C)C1. The maximum absolute atomic E-state index is 6.83. The van der Waals surface area contributed by atoms with E-state index >= 15 is 0 Å². The summed E-state index contributed by atoms with van der Waals surface area (Å²) in [5.74, 6) is 2.28. The van der Waals surface area contributed by atoms with Gasteiger partial charge in [-0.3, -0.25) is 0 Å². The fourth-order valence-corrected chi connectivity index (χ4v) is 10.5. The van der Waals surface area contributed by atoms with Crippen molar-refractivity contribution in [2.75, 3.05) is 13.2 Å². The molecule has 2 aliphatic rings. The predicted octanol–water partition coefficient (Wildman–Crippen LogP) is 6.30. The number of hydrogen-bond donors (Lipinski definition) is 0. The van der Waals surface area contributed by atoms with Gasteiger partial charge >= 0.3 is 8.56 Å². The van der Waals surface area contributed by atoms with Crippen LogP contribution in [-0.2, 0) is 8.85 Å². The van der Waals surface area contributed by atoms with E-state index < -0.39 is 8.56 Å². The molecule has 3 heteroatoms. The zero-order chi connectivity index (χ0) is 16.9. The van der Waals surface area contributed by atoms with Gasteiger partial charge in [-0.1, -0.05) is 47.5 Å². The van der Waals surface area contributed by atoms with Crippen molar-refractivity contribution in [3.05, 3.63) is 0 Å². The summed E-state index contributed by atoms with van der Waals surface area (Å²) in [6.07, 6.45) is 10.7. The molecule has 0 heterocycles. The Balaban J connectivity index is 2.24. The smallest absolute Gasteiger partial charge is 0.344 e. The van der Waals surface area contributed by atoms with Gasteiger partial charge in [-0.2, -0.15) is 0 Å². The van der Waals surface area contributed by atoms with Gasteiger partial charge in [0.25, 0.3) is 0 Å². The second-order valence-electron chi connectivity index (χ2n) is 8.87. The Morgan fingerprint density at radius 1 is 0.913 bits per heavy atom. The van der Waals surface area contributed by atoms with Crippen LogP contribution in [0, 0.1) is 17.8 Å². The van der Waals surface area contributed by atoms with Crippen LogP contribution >= 0.6 is 0 Å². The minimum atomic E-state index is -2.13. The van der Waals surface area contributed by atoms with Crippen LogP contribution in [0.3, 0.4) is 0 Å². The van der Waals surface area contributed by atoms with Gasteiger partial charge in [0, 0.05) is 24.3 Å². The second-order valence-corrected chi connectivity index (χ2v) is 12.5. The average Bonchev–Trinajstić information content (AvgIpc) is 3.01. The lowest BCUT2D eigenvalue weighted by Gasteiger charge is -2.46. The van der Waals surface area contributed by atoms with E-state index in [4.69, 9.17) is 8.85 Å². The van der Waals surface area contributed by atoms with Crippen molar-refractivity contribution in [1.82, 2.24) is 0 Å². The van der Waals surface area contributed by atoms with Crippen LogP contribution in [0.5, 0.6) is 0 Å². The molecule has 0 aromatic heterocycles. The Kier molecular flexibility index (Phi) is 7.62. The Bertz CT molecular complexity index is 331. The average molecular weight is 341 g/mol. The van der Waals surface area contributed by atoms with Crippen LogP contribution in [0.1, 0.15) is 86.0 Å². The van der Waals surface area contributed by atoms with E-state index in [1.165, 1.54) is 44.9 Å². The second kappa shape index (κ2) is 9.01. The maximum atomic E-state index is 6.83. The fourth-order valence-electron chi connectivity index (χ4n) is 5.01. The van der Waals surface area contributed by atoms with Crippen LogP contribution in [0.15, 0.2) is 0 Å². The highest BCUT2D eigenvalue weighted by Crippen LogP contribution is 2.52. The molecule has 0 aromatic carbocycles. The summed E-state index contributed by atoms with van der Waals surface area (Å²) in [5, 5.41) is 0. The van der Waals surface area contributed by atoms with E-state index in [-0.39, 0.29) is 0 Å². The maximum Gasteiger partial charge on any atom is 0.344 e. The van der Waals surface area contributed by atoms with Crippen molar-refractivity contribution in [1.29, 1.82) is 0 Å². The van der Waals surface area contributed by atoms with Gasteiger partial charge in [0.1, 0.15) is 0 Å². The van der Waals surface area contributed by atoms with Crippen molar-refractivity contribution in [2.45, 2.75) is 97.1 Å². The summed E-state index contributed by atoms with van der Waals surface area (Å²) >= 11 is 0. The van der Waals surface area contributed by atoms with Crippen molar-refractivity contribution in [3.8, 4) is 0 Å². The van der Waals surface area contributed by atoms with Crippen molar-refractivity contribution >= 4 is 8.56 Å². The zero-order valence-corrected chi connectivity index (χ0v) is 17.3. The highest BCUT2D eigenvalue weighted by Gasteiger charge is 2.54. The Labute approximate surface area is 146 Å². The zero-order valence-electron chi connectivity index (χ0n) is 16.3. The molecule has 2 saturated carbocycles. The van der Waals surface area contributed by atoms with E-state index in [0.717, 1.165) is 42.6 Å². The molecule has 0 aliphatic heterocycles. The normalized spacial score (nSPS) is 32.3. The van der Waals surface area contributed by atoms with Crippen LogP contribution < -0.4 is 0 Å². The van der Waals surface area contributed by atoms with Gasteiger partial charge in [0.05, 0.1) is 0 Å². The molecule has 2 nitrogen and oxygen atoms in total. The third-order valence-corrected chi connectivity index (χ3v) is 10.4. The summed E-state index contributed by atoms with van der Waals surface area (Å²) in [6.45, 7) is 13.5. The molecule has 0 amide bonds. The molecule has 2 rings (SSSR count). The Morgan fingerprint density at radius 2 is 1.52 bits per heavy atom. The van der Waals surface area contributed by atoms with Crippen molar-refractivity contribution in [2.24, 2.45) is 17.8 Å². The molecule has 0 N–H and O–H groups in total. The van der Waals surface area contributed by atoms with E-state index in [1.54, 1.807) is 0 Å². The lowest BCUT2D eigenvalue weighted by Crippen LogP contribution is -2.53. The predicted molar refractivity (Wildman–Crippen MR) is 101 cm³/mol. The number of hydrogen-bond acceptors (Lipinski definition) is 2. The van der Waals surface area contributed by atoms with E-state index in [1.807, 2.05) is 0 Å². The molecular weight excluding hydrogens is 300 g/mol. The first-order valence-corrected chi connectivity index (χ1v) is 12.2. The molecule has 3 unspecified atom stereocenters.